The topological polar surface area (TPSA) is 44.8 Å². The third-order valence-corrected chi connectivity index (χ3v) is 2.82. The van der Waals surface area contributed by atoms with E-state index in [1.165, 1.54) is 0 Å². The summed E-state index contributed by atoms with van der Waals surface area (Å²) in [5.41, 5.74) is 0. The lowest BCUT2D eigenvalue weighted by Crippen LogP contribution is -2.19. The lowest BCUT2D eigenvalue weighted by Gasteiger charge is -2.20. The maximum Gasteiger partial charge on any atom is 0.132 e. The first kappa shape index (κ1) is 13.6. The molecular weight excluding hydrogens is 208 g/mol. The maximum absolute atomic E-state index is 11.0. The van der Waals surface area contributed by atoms with Crippen LogP contribution in [0.4, 0.5) is 0 Å². The summed E-state index contributed by atoms with van der Waals surface area (Å²) >= 11 is 0. The highest BCUT2D eigenvalue weighted by atomic mass is 16.5. The molecule has 1 aliphatic rings. The number of ketones is 1. The van der Waals surface area contributed by atoms with Crippen molar-refractivity contribution in [2.75, 3.05) is 40.1 Å². The first-order valence-electron chi connectivity index (χ1n) is 5.99. The van der Waals surface area contributed by atoms with Gasteiger partial charge >= 0.3 is 0 Å². The zero-order valence-corrected chi connectivity index (χ0v) is 10.1. The summed E-state index contributed by atoms with van der Waals surface area (Å²) in [7, 11) is 1.66. The van der Waals surface area contributed by atoms with E-state index < -0.39 is 0 Å². The Labute approximate surface area is 97.2 Å². The van der Waals surface area contributed by atoms with Crippen molar-refractivity contribution < 1.29 is 19.0 Å². The number of ether oxygens (including phenoxy) is 3. The molecule has 0 saturated heterocycles. The van der Waals surface area contributed by atoms with Crippen molar-refractivity contribution >= 4 is 5.78 Å². The number of Topliss-reactive ketones (excluding diaryl/α,β-unsaturated/α-hetero) is 1. The molecule has 0 amide bonds. The Morgan fingerprint density at radius 3 is 2.38 bits per heavy atom. The van der Waals surface area contributed by atoms with Crippen molar-refractivity contribution in [3.8, 4) is 0 Å². The summed E-state index contributed by atoms with van der Waals surface area (Å²) in [5.74, 6) is 0.968. The highest BCUT2D eigenvalue weighted by molar-refractivity contribution is 5.78. The molecule has 0 aromatic carbocycles. The van der Waals surface area contributed by atoms with Gasteiger partial charge in [0.25, 0.3) is 0 Å². The quantitative estimate of drug-likeness (QED) is 0.592. The number of carbonyl (C=O) groups is 1. The second kappa shape index (κ2) is 8.67. The Hall–Kier alpha value is -0.450. The third-order valence-electron chi connectivity index (χ3n) is 2.82. The molecule has 4 heteroatoms. The van der Waals surface area contributed by atoms with Crippen LogP contribution in [0.2, 0.25) is 0 Å². The molecule has 94 valence electrons. The SMILES string of the molecule is COCCOCCOCC1CCC(=O)CC1. The van der Waals surface area contributed by atoms with E-state index in [9.17, 15) is 4.79 Å². The number of hydrogen-bond donors (Lipinski definition) is 0. The van der Waals surface area contributed by atoms with Crippen molar-refractivity contribution in [3.05, 3.63) is 0 Å². The van der Waals surface area contributed by atoms with Crippen LogP contribution in [-0.2, 0) is 19.0 Å². The summed E-state index contributed by atoms with van der Waals surface area (Å²) in [4.78, 5) is 11.0. The molecule has 0 atom stereocenters. The molecule has 0 N–H and O–H groups in total. The summed E-state index contributed by atoms with van der Waals surface area (Å²) in [6.45, 7) is 3.27. The highest BCUT2D eigenvalue weighted by Gasteiger charge is 2.18. The van der Waals surface area contributed by atoms with Gasteiger partial charge in [0.1, 0.15) is 5.78 Å². The molecule has 0 spiro atoms. The Morgan fingerprint density at radius 2 is 1.69 bits per heavy atom. The predicted molar refractivity (Wildman–Crippen MR) is 60.5 cm³/mol. The number of rotatable bonds is 8. The summed E-state index contributed by atoms with van der Waals surface area (Å²) < 4.78 is 15.6. The molecule has 0 heterocycles. The molecule has 0 aromatic rings. The molecule has 1 fully saturated rings. The van der Waals surface area contributed by atoms with E-state index in [1.807, 2.05) is 0 Å². The van der Waals surface area contributed by atoms with Crippen LogP contribution >= 0.6 is 0 Å². The summed E-state index contributed by atoms with van der Waals surface area (Å²) in [6, 6.07) is 0. The highest BCUT2D eigenvalue weighted by Crippen LogP contribution is 2.21. The van der Waals surface area contributed by atoms with Gasteiger partial charge in [-0.3, -0.25) is 4.79 Å². The average Bonchev–Trinajstić information content (AvgIpc) is 2.30. The Kier molecular flexibility index (Phi) is 7.38. The van der Waals surface area contributed by atoms with Gasteiger partial charge in [0, 0.05) is 26.6 Å². The smallest absolute Gasteiger partial charge is 0.132 e. The van der Waals surface area contributed by atoms with Crippen LogP contribution in [0.25, 0.3) is 0 Å². The predicted octanol–water partition coefficient (Wildman–Crippen LogP) is 1.43. The number of carbonyl (C=O) groups excluding carboxylic acids is 1. The van der Waals surface area contributed by atoms with Crippen molar-refractivity contribution in [3.63, 3.8) is 0 Å². The van der Waals surface area contributed by atoms with E-state index in [4.69, 9.17) is 14.2 Å². The van der Waals surface area contributed by atoms with Crippen LogP contribution in [0.15, 0.2) is 0 Å². The molecule has 0 aliphatic heterocycles. The molecule has 0 aromatic heterocycles. The molecule has 0 unspecified atom stereocenters. The number of methoxy groups -OCH3 is 1. The Bertz CT molecular complexity index is 183. The van der Waals surface area contributed by atoms with Crippen LogP contribution in [0.3, 0.4) is 0 Å². The molecule has 1 rings (SSSR count). The van der Waals surface area contributed by atoms with Gasteiger partial charge in [0.2, 0.25) is 0 Å². The standard InChI is InChI=1S/C12H22O4/c1-14-6-7-15-8-9-16-10-11-2-4-12(13)5-3-11/h11H,2-10H2,1H3. The first-order chi connectivity index (χ1) is 7.83. The largest absolute Gasteiger partial charge is 0.382 e. The van der Waals surface area contributed by atoms with Gasteiger partial charge < -0.3 is 14.2 Å². The minimum atomic E-state index is 0.402. The average molecular weight is 230 g/mol. The fourth-order valence-electron chi connectivity index (χ4n) is 1.78. The monoisotopic (exact) mass is 230 g/mol. The summed E-state index contributed by atoms with van der Waals surface area (Å²) in [6.07, 6.45) is 3.45. The first-order valence-corrected chi connectivity index (χ1v) is 5.99. The maximum atomic E-state index is 11.0. The van der Waals surface area contributed by atoms with Crippen LogP contribution in [0.1, 0.15) is 25.7 Å². The van der Waals surface area contributed by atoms with Gasteiger partial charge in [0.05, 0.1) is 26.4 Å². The fourth-order valence-corrected chi connectivity index (χ4v) is 1.78. The van der Waals surface area contributed by atoms with Crippen LogP contribution in [-0.4, -0.2) is 45.9 Å². The van der Waals surface area contributed by atoms with Gasteiger partial charge in [-0.25, -0.2) is 0 Å². The normalized spacial score (nSPS) is 17.9. The van der Waals surface area contributed by atoms with Gasteiger partial charge in [-0.05, 0) is 18.8 Å². The van der Waals surface area contributed by atoms with E-state index in [-0.39, 0.29) is 0 Å². The number of hydrogen-bond acceptors (Lipinski definition) is 4. The van der Waals surface area contributed by atoms with Gasteiger partial charge in [-0.2, -0.15) is 0 Å². The molecule has 1 aliphatic carbocycles. The van der Waals surface area contributed by atoms with Gasteiger partial charge in [-0.1, -0.05) is 0 Å². The van der Waals surface area contributed by atoms with Crippen LogP contribution in [0.5, 0.6) is 0 Å². The van der Waals surface area contributed by atoms with Gasteiger partial charge in [-0.15, -0.1) is 0 Å². The van der Waals surface area contributed by atoms with E-state index in [1.54, 1.807) is 7.11 Å². The third kappa shape index (κ3) is 6.20. The molecule has 16 heavy (non-hydrogen) atoms. The molecule has 4 nitrogen and oxygen atoms in total. The lowest BCUT2D eigenvalue weighted by atomic mass is 9.89. The fraction of sp³-hybridized carbons (Fsp3) is 0.917. The zero-order chi connectivity index (χ0) is 11.6. The van der Waals surface area contributed by atoms with E-state index in [0.717, 1.165) is 32.3 Å². The van der Waals surface area contributed by atoms with Crippen molar-refractivity contribution in [1.29, 1.82) is 0 Å². The van der Waals surface area contributed by atoms with Crippen LogP contribution < -0.4 is 0 Å². The van der Waals surface area contributed by atoms with Gasteiger partial charge in [0.15, 0.2) is 0 Å². The molecule has 0 radical (unpaired) electrons. The van der Waals surface area contributed by atoms with Crippen molar-refractivity contribution in [1.82, 2.24) is 0 Å². The minimum Gasteiger partial charge on any atom is -0.382 e. The minimum absolute atomic E-state index is 0.402. The zero-order valence-electron chi connectivity index (χ0n) is 10.1. The second-order valence-corrected chi connectivity index (χ2v) is 4.16. The van der Waals surface area contributed by atoms with Crippen LogP contribution in [0, 0.1) is 5.92 Å². The Balaban J connectivity index is 1.85. The molecule has 0 bridgehead atoms. The second-order valence-electron chi connectivity index (χ2n) is 4.16. The van der Waals surface area contributed by atoms with Crippen molar-refractivity contribution in [2.24, 2.45) is 5.92 Å². The summed E-state index contributed by atoms with van der Waals surface area (Å²) in [5, 5.41) is 0. The van der Waals surface area contributed by atoms with E-state index in [0.29, 0.717) is 38.1 Å². The molecule has 1 saturated carbocycles. The van der Waals surface area contributed by atoms with Crippen molar-refractivity contribution in [2.45, 2.75) is 25.7 Å². The van der Waals surface area contributed by atoms with E-state index >= 15 is 0 Å². The lowest BCUT2D eigenvalue weighted by molar-refractivity contribution is -0.121. The Morgan fingerprint density at radius 1 is 1.06 bits per heavy atom. The molecular formula is C12H22O4. The van der Waals surface area contributed by atoms with E-state index in [2.05, 4.69) is 0 Å².